The van der Waals surface area contributed by atoms with Crippen molar-refractivity contribution in [3.63, 3.8) is 0 Å². The largest absolute Gasteiger partial charge is 0.334 e. The monoisotopic (exact) mass is 253 g/mol. The number of aromatic nitrogens is 2. The molecule has 1 unspecified atom stereocenters. The highest BCUT2D eigenvalue weighted by atomic mass is 35.5. The Bertz CT molecular complexity index is 553. The first-order valence-corrected chi connectivity index (χ1v) is 5.24. The van der Waals surface area contributed by atoms with Crippen molar-refractivity contribution in [3.8, 4) is 11.5 Å². The van der Waals surface area contributed by atoms with Crippen molar-refractivity contribution in [2.75, 3.05) is 0 Å². The summed E-state index contributed by atoms with van der Waals surface area (Å²) in [5.74, 6) is 0.573. The zero-order valence-electron chi connectivity index (χ0n) is 8.83. The summed E-state index contributed by atoms with van der Waals surface area (Å²) in [4.78, 5) is 14.2. The fourth-order valence-corrected chi connectivity index (χ4v) is 1.35. The molecule has 1 heterocycles. The molecule has 1 aromatic carbocycles. The highest BCUT2D eigenvalue weighted by molar-refractivity contribution is 6.20. The molecule has 0 N–H and O–H groups in total. The highest BCUT2D eigenvalue weighted by Gasteiger charge is 2.14. The third-order valence-corrected chi connectivity index (χ3v) is 2.30. The van der Waals surface area contributed by atoms with Gasteiger partial charge in [-0.2, -0.15) is 4.98 Å². The molecule has 88 valence electrons. The van der Waals surface area contributed by atoms with Gasteiger partial charge in [0.2, 0.25) is 0 Å². The molecule has 1 aromatic heterocycles. The average molecular weight is 254 g/mol. The van der Waals surface area contributed by atoms with Gasteiger partial charge in [0.25, 0.3) is 11.6 Å². The van der Waals surface area contributed by atoms with Crippen molar-refractivity contribution in [1.29, 1.82) is 0 Å². The van der Waals surface area contributed by atoms with Gasteiger partial charge in [0.15, 0.2) is 5.82 Å². The molecule has 1 atom stereocenters. The molecular formula is C10H8ClN3O3. The van der Waals surface area contributed by atoms with Crippen LogP contribution in [-0.2, 0) is 0 Å². The molecule has 0 saturated heterocycles. The maximum Gasteiger partial charge on any atom is 0.270 e. The smallest absolute Gasteiger partial charge is 0.270 e. The van der Waals surface area contributed by atoms with E-state index in [2.05, 4.69) is 10.1 Å². The fourth-order valence-electron chi connectivity index (χ4n) is 1.27. The molecule has 6 nitrogen and oxygen atoms in total. The Morgan fingerprint density at radius 1 is 1.53 bits per heavy atom. The number of benzene rings is 1. The predicted octanol–water partition coefficient (Wildman–Crippen LogP) is 2.94. The Labute approximate surface area is 101 Å². The third-order valence-electron chi connectivity index (χ3n) is 2.10. The van der Waals surface area contributed by atoms with E-state index in [9.17, 15) is 10.1 Å². The van der Waals surface area contributed by atoms with Gasteiger partial charge in [0.05, 0.1) is 10.3 Å². The molecule has 0 amide bonds. The molecule has 0 aliphatic carbocycles. The first-order valence-electron chi connectivity index (χ1n) is 4.80. The summed E-state index contributed by atoms with van der Waals surface area (Å²) in [5, 5.41) is 13.9. The van der Waals surface area contributed by atoms with Crippen LogP contribution in [0.4, 0.5) is 5.69 Å². The number of rotatable bonds is 3. The molecule has 0 aliphatic rings. The van der Waals surface area contributed by atoms with Gasteiger partial charge in [0.1, 0.15) is 0 Å². The van der Waals surface area contributed by atoms with Gasteiger partial charge in [-0.25, -0.2) is 0 Å². The normalized spacial score (nSPS) is 12.4. The zero-order chi connectivity index (χ0) is 12.4. The van der Waals surface area contributed by atoms with Gasteiger partial charge in [-0.1, -0.05) is 11.2 Å². The Morgan fingerprint density at radius 2 is 2.29 bits per heavy atom. The quantitative estimate of drug-likeness (QED) is 0.477. The van der Waals surface area contributed by atoms with Crippen LogP contribution in [0.5, 0.6) is 0 Å². The van der Waals surface area contributed by atoms with Crippen molar-refractivity contribution in [3.05, 3.63) is 40.2 Å². The molecular weight excluding hydrogens is 246 g/mol. The lowest BCUT2D eigenvalue weighted by Crippen LogP contribution is -1.89. The molecule has 0 bridgehead atoms. The van der Waals surface area contributed by atoms with Crippen LogP contribution < -0.4 is 0 Å². The van der Waals surface area contributed by atoms with Gasteiger partial charge in [-0.15, -0.1) is 11.6 Å². The Kier molecular flexibility index (Phi) is 3.06. The number of nitro groups is 1. The lowest BCUT2D eigenvalue weighted by molar-refractivity contribution is -0.384. The highest BCUT2D eigenvalue weighted by Crippen LogP contribution is 2.24. The van der Waals surface area contributed by atoms with E-state index in [1.165, 1.54) is 12.1 Å². The summed E-state index contributed by atoms with van der Waals surface area (Å²) in [6.45, 7) is 1.71. The summed E-state index contributed by atoms with van der Waals surface area (Å²) >= 11 is 5.79. The van der Waals surface area contributed by atoms with E-state index in [-0.39, 0.29) is 17.0 Å². The van der Waals surface area contributed by atoms with Crippen LogP contribution in [0.1, 0.15) is 18.1 Å². The van der Waals surface area contributed by atoms with Gasteiger partial charge in [-0.05, 0) is 13.0 Å². The molecule has 17 heavy (non-hydrogen) atoms. The van der Waals surface area contributed by atoms with Crippen LogP contribution in [0.3, 0.4) is 0 Å². The predicted molar refractivity (Wildman–Crippen MR) is 60.7 cm³/mol. The summed E-state index contributed by atoms with van der Waals surface area (Å²) in [7, 11) is 0. The topological polar surface area (TPSA) is 82.1 Å². The van der Waals surface area contributed by atoms with Gasteiger partial charge < -0.3 is 4.52 Å². The average Bonchev–Trinajstić information content (AvgIpc) is 2.78. The van der Waals surface area contributed by atoms with Gasteiger partial charge in [-0.3, -0.25) is 10.1 Å². The summed E-state index contributed by atoms with van der Waals surface area (Å²) in [6, 6.07) is 5.98. The van der Waals surface area contributed by atoms with Crippen molar-refractivity contribution in [2.24, 2.45) is 0 Å². The van der Waals surface area contributed by atoms with Crippen LogP contribution in [0.2, 0.25) is 0 Å². The molecule has 0 radical (unpaired) electrons. The van der Waals surface area contributed by atoms with Gasteiger partial charge in [0, 0.05) is 17.7 Å². The maximum absolute atomic E-state index is 10.6. The molecule has 2 rings (SSSR count). The minimum absolute atomic E-state index is 0.0267. The first-order chi connectivity index (χ1) is 8.08. The lowest BCUT2D eigenvalue weighted by atomic mass is 10.2. The van der Waals surface area contributed by atoms with Crippen LogP contribution in [0.15, 0.2) is 28.8 Å². The minimum atomic E-state index is -0.481. The summed E-state index contributed by atoms with van der Waals surface area (Å²) in [5.41, 5.74) is 0.469. The van der Waals surface area contributed by atoms with Crippen molar-refractivity contribution < 1.29 is 9.45 Å². The number of nitro benzene ring substituents is 1. The van der Waals surface area contributed by atoms with E-state index in [0.29, 0.717) is 11.4 Å². The van der Waals surface area contributed by atoms with Crippen molar-refractivity contribution >= 4 is 17.3 Å². The molecule has 0 spiro atoms. The minimum Gasteiger partial charge on any atom is -0.334 e. The van der Waals surface area contributed by atoms with E-state index in [4.69, 9.17) is 16.1 Å². The zero-order valence-corrected chi connectivity index (χ0v) is 9.59. The van der Waals surface area contributed by atoms with Gasteiger partial charge >= 0.3 is 0 Å². The second kappa shape index (κ2) is 4.50. The van der Waals surface area contributed by atoms with E-state index in [0.717, 1.165) is 0 Å². The van der Waals surface area contributed by atoms with Crippen molar-refractivity contribution in [2.45, 2.75) is 12.3 Å². The Hall–Kier alpha value is -1.95. The van der Waals surface area contributed by atoms with Crippen LogP contribution in [-0.4, -0.2) is 15.1 Å². The second-order valence-electron chi connectivity index (χ2n) is 3.38. The van der Waals surface area contributed by atoms with E-state index in [1.54, 1.807) is 19.1 Å². The number of alkyl halides is 1. The standard InChI is InChI=1S/C10H8ClN3O3/c1-6(11)9-12-10(17-13-9)7-3-2-4-8(5-7)14(15)16/h2-6H,1H3. The molecule has 7 heteroatoms. The van der Waals surface area contributed by atoms with Crippen LogP contribution in [0.25, 0.3) is 11.5 Å². The molecule has 0 saturated carbocycles. The van der Waals surface area contributed by atoms with Crippen molar-refractivity contribution in [1.82, 2.24) is 10.1 Å². The molecule has 0 fully saturated rings. The number of hydrogen-bond acceptors (Lipinski definition) is 5. The number of non-ortho nitro benzene ring substituents is 1. The van der Waals surface area contributed by atoms with Crippen LogP contribution in [0, 0.1) is 10.1 Å². The Balaban J connectivity index is 2.38. The second-order valence-corrected chi connectivity index (χ2v) is 4.04. The number of halogens is 1. The SMILES string of the molecule is CC(Cl)c1noc(-c2cccc([N+](=O)[O-])c2)n1. The lowest BCUT2D eigenvalue weighted by Gasteiger charge is -1.94. The van der Waals surface area contributed by atoms with E-state index in [1.807, 2.05) is 0 Å². The number of hydrogen-bond donors (Lipinski definition) is 0. The number of nitrogens with zero attached hydrogens (tertiary/aromatic N) is 3. The fraction of sp³-hybridized carbons (Fsp3) is 0.200. The maximum atomic E-state index is 10.6. The summed E-state index contributed by atoms with van der Waals surface area (Å²) < 4.78 is 4.98. The summed E-state index contributed by atoms with van der Waals surface area (Å²) in [6.07, 6.45) is 0. The Morgan fingerprint density at radius 3 is 2.88 bits per heavy atom. The van der Waals surface area contributed by atoms with Crippen LogP contribution >= 0.6 is 11.6 Å². The van der Waals surface area contributed by atoms with E-state index < -0.39 is 4.92 Å². The molecule has 2 aromatic rings. The third kappa shape index (κ3) is 2.42. The molecule has 0 aliphatic heterocycles. The first kappa shape index (κ1) is 11.5. The van der Waals surface area contributed by atoms with E-state index >= 15 is 0 Å².